The highest BCUT2D eigenvalue weighted by Gasteiger charge is 2.23. The monoisotopic (exact) mass is 709 g/mol. The summed E-state index contributed by atoms with van der Waals surface area (Å²) in [6.45, 7) is 0. The Morgan fingerprint density at radius 1 is 0.444 bits per heavy atom. The number of hydrogen-bond donors (Lipinski definition) is 0. The maximum Gasteiger partial charge on any atom is 0.160 e. The lowest BCUT2D eigenvalue weighted by atomic mass is 9.96. The van der Waals surface area contributed by atoms with Crippen LogP contribution in [0.2, 0.25) is 0 Å². The second kappa shape index (κ2) is 13.8. The smallest absolute Gasteiger partial charge is 0.160 e. The number of benzene rings is 6. The first-order valence-corrected chi connectivity index (χ1v) is 19.4. The van der Waals surface area contributed by atoms with Crippen molar-refractivity contribution in [1.82, 2.24) is 9.97 Å². The molecule has 1 aliphatic carbocycles. The van der Waals surface area contributed by atoms with Crippen LogP contribution < -0.4 is 9.75 Å². The summed E-state index contributed by atoms with van der Waals surface area (Å²) < 4.78 is 1.38. The summed E-state index contributed by atoms with van der Waals surface area (Å²) in [6, 6.07) is 57.7. The highest BCUT2D eigenvalue weighted by Crippen LogP contribution is 2.35. The third-order valence-electron chi connectivity index (χ3n) is 10.4. The van der Waals surface area contributed by atoms with E-state index in [2.05, 4.69) is 140 Å². The average molecular weight is 710 g/mol. The molecule has 0 saturated heterocycles. The molecule has 0 N–H and O–H groups in total. The van der Waals surface area contributed by atoms with Gasteiger partial charge in [-0.1, -0.05) is 164 Å². The highest BCUT2D eigenvalue weighted by atomic mass is 32.1. The Hall–Kier alpha value is -6.49. The second-order valence-electron chi connectivity index (χ2n) is 13.9. The molecule has 0 atom stereocenters. The molecule has 10 rings (SSSR count). The predicted molar refractivity (Wildman–Crippen MR) is 225 cm³/mol. The predicted octanol–water partition coefficient (Wildman–Crippen LogP) is 11.3. The van der Waals surface area contributed by atoms with E-state index in [4.69, 9.17) is 15.0 Å². The second-order valence-corrected chi connectivity index (χ2v) is 15.0. The van der Waals surface area contributed by atoms with E-state index in [1.807, 2.05) is 47.7 Å². The number of fused-ring (bicyclic) bond motifs is 4. The maximum absolute atomic E-state index is 5.50. The van der Waals surface area contributed by atoms with Gasteiger partial charge in [-0.05, 0) is 58.0 Å². The lowest BCUT2D eigenvalue weighted by Crippen LogP contribution is -2.27. The first kappa shape index (κ1) is 32.2. The molecule has 2 aliphatic rings. The van der Waals surface area contributed by atoms with Crippen molar-refractivity contribution < 1.29 is 0 Å². The summed E-state index contributed by atoms with van der Waals surface area (Å²) in [5.74, 6) is 0.711. The lowest BCUT2D eigenvalue weighted by molar-refractivity contribution is 1.13. The summed E-state index contributed by atoms with van der Waals surface area (Å²) >= 11 is 1.93. The standard InChI is InChI=1S/C50H35N3S/c1-4-12-33(13-5-1)40-28-29-41-31-47-48(42-18-10-11-19-46(42)54-47)49(51-43(41)30-40)38-24-20-34(21-25-38)35-22-26-39(27-23-35)50-52-44(36-14-6-2-7-15-36)32-45(53-50)37-16-8-3-9-17-37/h1-9,12-30,32H,10-11,31H2. The van der Waals surface area contributed by atoms with Crippen LogP contribution in [0, 0.1) is 0 Å². The molecule has 0 bridgehead atoms. The van der Waals surface area contributed by atoms with Crippen molar-refractivity contribution in [1.29, 1.82) is 0 Å². The van der Waals surface area contributed by atoms with Crippen LogP contribution in [-0.2, 0) is 6.42 Å². The number of rotatable bonds is 6. The minimum atomic E-state index is 0.711. The van der Waals surface area contributed by atoms with E-state index in [0.29, 0.717) is 5.82 Å². The average Bonchev–Trinajstić information content (AvgIpc) is 3.53. The molecule has 3 nitrogen and oxygen atoms in total. The third-order valence-corrected chi connectivity index (χ3v) is 11.6. The Bertz CT molecular complexity index is 2740. The minimum absolute atomic E-state index is 0.711. The molecule has 54 heavy (non-hydrogen) atoms. The van der Waals surface area contributed by atoms with Crippen LogP contribution in [0.1, 0.15) is 34.4 Å². The van der Waals surface area contributed by atoms with Crippen molar-refractivity contribution in [3.05, 3.63) is 195 Å². The fraction of sp³-hybridized carbons (Fsp3) is 0.0600. The summed E-state index contributed by atoms with van der Waals surface area (Å²) in [5.41, 5.74) is 15.4. The first-order valence-electron chi connectivity index (χ1n) is 18.5. The van der Waals surface area contributed by atoms with E-state index < -0.39 is 0 Å². The molecule has 0 fully saturated rings. The number of hydrogen-bond acceptors (Lipinski definition) is 4. The molecule has 0 amide bonds. The molecule has 0 unspecified atom stereocenters. The molecule has 6 aromatic carbocycles. The van der Waals surface area contributed by atoms with Gasteiger partial charge >= 0.3 is 0 Å². The van der Waals surface area contributed by atoms with Crippen molar-refractivity contribution in [2.75, 3.05) is 0 Å². The first-order chi connectivity index (χ1) is 26.7. The Morgan fingerprint density at radius 3 is 1.59 bits per heavy atom. The molecule has 256 valence electrons. The van der Waals surface area contributed by atoms with Crippen LogP contribution in [0.5, 0.6) is 0 Å². The fourth-order valence-electron chi connectivity index (χ4n) is 7.60. The van der Waals surface area contributed by atoms with Gasteiger partial charge in [0.2, 0.25) is 0 Å². The van der Waals surface area contributed by atoms with Crippen LogP contribution in [0.3, 0.4) is 0 Å². The zero-order valence-electron chi connectivity index (χ0n) is 29.6. The van der Waals surface area contributed by atoms with Crippen LogP contribution in [0.15, 0.2) is 169 Å². The molecule has 1 aliphatic heterocycles. The topological polar surface area (TPSA) is 38.1 Å². The van der Waals surface area contributed by atoms with E-state index in [-0.39, 0.29) is 0 Å². The van der Waals surface area contributed by atoms with Gasteiger partial charge in [0.1, 0.15) is 0 Å². The quantitative estimate of drug-likeness (QED) is 0.172. The summed E-state index contributed by atoms with van der Waals surface area (Å²) in [6.07, 6.45) is 7.88. The van der Waals surface area contributed by atoms with E-state index in [9.17, 15) is 0 Å². The van der Waals surface area contributed by atoms with Crippen molar-refractivity contribution in [2.45, 2.75) is 19.3 Å². The Kier molecular flexibility index (Phi) is 8.23. The molecule has 3 heterocycles. The summed E-state index contributed by atoms with van der Waals surface area (Å²) in [5, 5.41) is 1.35. The van der Waals surface area contributed by atoms with Crippen molar-refractivity contribution in [3.63, 3.8) is 0 Å². The molecule has 2 aromatic heterocycles. The van der Waals surface area contributed by atoms with Crippen LogP contribution in [0.4, 0.5) is 5.69 Å². The van der Waals surface area contributed by atoms with Gasteiger partial charge in [-0.2, -0.15) is 0 Å². The van der Waals surface area contributed by atoms with Crippen LogP contribution in [-0.4, -0.2) is 15.7 Å². The number of thiophene rings is 1. The largest absolute Gasteiger partial charge is 0.247 e. The zero-order chi connectivity index (χ0) is 35.8. The van der Waals surface area contributed by atoms with Gasteiger partial charge in [-0.25, -0.2) is 15.0 Å². The molecular weight excluding hydrogens is 675 g/mol. The minimum Gasteiger partial charge on any atom is -0.247 e. The maximum atomic E-state index is 5.50. The van der Waals surface area contributed by atoms with Gasteiger partial charge in [0.15, 0.2) is 5.82 Å². The highest BCUT2D eigenvalue weighted by molar-refractivity contribution is 7.10. The number of nitrogens with zero attached hydrogens (tertiary/aromatic N) is 3. The van der Waals surface area contributed by atoms with Gasteiger partial charge in [-0.15, -0.1) is 11.3 Å². The van der Waals surface area contributed by atoms with Gasteiger partial charge in [-0.3, -0.25) is 0 Å². The Balaban J connectivity index is 1.01. The van der Waals surface area contributed by atoms with Gasteiger partial charge in [0.25, 0.3) is 0 Å². The Labute approximate surface area is 319 Å². The van der Waals surface area contributed by atoms with E-state index >= 15 is 0 Å². The summed E-state index contributed by atoms with van der Waals surface area (Å²) in [4.78, 5) is 16.9. The van der Waals surface area contributed by atoms with E-state index in [1.165, 1.54) is 36.9 Å². The normalized spacial score (nSPS) is 13.0. The fourth-order valence-corrected chi connectivity index (χ4v) is 8.90. The molecule has 8 aromatic rings. The van der Waals surface area contributed by atoms with Gasteiger partial charge < -0.3 is 0 Å². The van der Waals surface area contributed by atoms with Crippen molar-refractivity contribution >= 4 is 34.9 Å². The van der Waals surface area contributed by atoms with Crippen LogP contribution in [0.25, 0.3) is 68.3 Å². The SMILES string of the molecule is C1=c2sc3c(c2=CCC1)C(c1ccc(-c2ccc(-c4nc(-c5ccccc5)cc(-c5ccccc5)n4)cc2)cc1)=Nc1cc(-c2ccccc2)ccc1C3. The number of aliphatic imine (C=N–C) groups is 1. The molecule has 0 radical (unpaired) electrons. The third kappa shape index (κ3) is 6.11. The van der Waals surface area contributed by atoms with E-state index in [0.717, 1.165) is 75.4 Å². The van der Waals surface area contributed by atoms with Gasteiger partial charge in [0.05, 0.1) is 22.8 Å². The summed E-state index contributed by atoms with van der Waals surface area (Å²) in [7, 11) is 0. The Morgan fingerprint density at radius 2 is 0.963 bits per heavy atom. The molecule has 0 saturated carbocycles. The van der Waals surface area contributed by atoms with Crippen molar-refractivity contribution in [2.24, 2.45) is 4.99 Å². The van der Waals surface area contributed by atoms with Crippen LogP contribution >= 0.6 is 11.3 Å². The molecular formula is C50H35N3S. The van der Waals surface area contributed by atoms with E-state index in [1.54, 1.807) is 0 Å². The van der Waals surface area contributed by atoms with Gasteiger partial charge in [0, 0.05) is 43.6 Å². The van der Waals surface area contributed by atoms with Crippen molar-refractivity contribution in [3.8, 4) is 56.2 Å². The lowest BCUT2D eigenvalue weighted by Gasteiger charge is -2.11. The molecule has 0 spiro atoms. The zero-order valence-corrected chi connectivity index (χ0v) is 30.4. The molecule has 4 heteroatoms. The number of aromatic nitrogens is 2.